The van der Waals surface area contributed by atoms with E-state index in [-0.39, 0.29) is 12.4 Å². The third-order valence-corrected chi connectivity index (χ3v) is 7.84. The van der Waals surface area contributed by atoms with Crippen LogP contribution in [0, 0.1) is 23.2 Å². The Hall–Kier alpha value is -0.710. The normalized spacial score (nSPS) is 31.2. The molecule has 28 heavy (non-hydrogen) atoms. The van der Waals surface area contributed by atoms with E-state index in [1.165, 1.54) is 44.1 Å². The fourth-order valence-corrected chi connectivity index (χ4v) is 6.96. The molecule has 0 heterocycles. The highest BCUT2D eigenvalue weighted by Gasteiger charge is 2.52. The van der Waals surface area contributed by atoms with Crippen molar-refractivity contribution in [1.82, 2.24) is 5.32 Å². The van der Waals surface area contributed by atoms with Gasteiger partial charge < -0.3 is 14.8 Å². The Bertz CT molecular complexity index is 673. The molecule has 1 aromatic rings. The lowest BCUT2D eigenvalue weighted by molar-refractivity contribution is -0.0706. The van der Waals surface area contributed by atoms with E-state index in [1.54, 1.807) is 13.2 Å². The average molecular weight is 471 g/mol. The largest absolute Gasteiger partial charge is 0.493 e. The maximum Gasteiger partial charge on any atom is 0.175 e. The van der Waals surface area contributed by atoms with E-state index >= 15 is 0 Å². The maximum atomic E-state index is 5.74. The highest BCUT2D eigenvalue weighted by atomic mass is 79.9. The number of halogens is 2. The third kappa shape index (κ3) is 4.24. The van der Waals surface area contributed by atoms with Crippen LogP contribution in [0.4, 0.5) is 0 Å². The fourth-order valence-electron chi connectivity index (χ4n) is 6.35. The predicted molar refractivity (Wildman–Crippen MR) is 121 cm³/mol. The standard InChI is InChI=1S/C23H32BrNO2.ClH/c1-4-5-27-22-20(24)9-19(10-21(22)26-3)14-25-15(2)23-11-16-6-17(12-23)8-18(7-16)13-23;/h4,9-10,15-18,25H,1,5-8,11-14H2,2-3H3;1H. The van der Waals surface area contributed by atoms with Gasteiger partial charge in [0.25, 0.3) is 0 Å². The van der Waals surface area contributed by atoms with Gasteiger partial charge in [0.2, 0.25) is 0 Å². The first-order chi connectivity index (χ1) is 13.0. The molecule has 5 heteroatoms. The van der Waals surface area contributed by atoms with Crippen LogP contribution in [0.5, 0.6) is 11.5 Å². The van der Waals surface area contributed by atoms with E-state index in [1.807, 2.05) is 0 Å². The van der Waals surface area contributed by atoms with Crippen LogP contribution in [0.2, 0.25) is 0 Å². The average Bonchev–Trinajstić information content (AvgIpc) is 2.63. The van der Waals surface area contributed by atoms with Gasteiger partial charge in [-0.15, -0.1) is 12.4 Å². The van der Waals surface area contributed by atoms with Crippen molar-refractivity contribution >= 4 is 28.3 Å². The number of ether oxygens (including phenoxy) is 2. The molecule has 4 aliphatic rings. The lowest BCUT2D eigenvalue weighted by Gasteiger charge is -2.59. The first-order valence-electron chi connectivity index (χ1n) is 10.4. The van der Waals surface area contributed by atoms with Gasteiger partial charge in [0, 0.05) is 12.6 Å². The Morgan fingerprint density at radius 3 is 2.36 bits per heavy atom. The molecular weight excluding hydrogens is 438 g/mol. The van der Waals surface area contributed by atoms with Gasteiger partial charge >= 0.3 is 0 Å². The minimum atomic E-state index is 0. The minimum Gasteiger partial charge on any atom is -0.493 e. The Morgan fingerprint density at radius 1 is 1.21 bits per heavy atom. The van der Waals surface area contributed by atoms with E-state index in [2.05, 4.69) is 46.9 Å². The van der Waals surface area contributed by atoms with Crippen molar-refractivity contribution in [3.8, 4) is 11.5 Å². The van der Waals surface area contributed by atoms with Crippen LogP contribution in [0.25, 0.3) is 0 Å². The predicted octanol–water partition coefficient (Wildman–Crippen LogP) is 6.14. The summed E-state index contributed by atoms with van der Waals surface area (Å²) in [6, 6.07) is 4.79. The van der Waals surface area contributed by atoms with Gasteiger partial charge in [-0.25, -0.2) is 0 Å². The van der Waals surface area contributed by atoms with Crippen LogP contribution in [0.15, 0.2) is 29.3 Å². The number of hydrogen-bond acceptors (Lipinski definition) is 3. The van der Waals surface area contributed by atoms with Crippen molar-refractivity contribution in [2.75, 3.05) is 13.7 Å². The molecule has 0 radical (unpaired) electrons. The second-order valence-electron chi connectivity index (χ2n) is 9.09. The van der Waals surface area contributed by atoms with Gasteiger partial charge in [0.15, 0.2) is 11.5 Å². The molecule has 5 rings (SSSR count). The minimum absolute atomic E-state index is 0. The second kappa shape index (κ2) is 8.97. The number of nitrogens with one attached hydrogen (secondary N) is 1. The SMILES string of the molecule is C=CCOc1c(Br)cc(CNC(C)C23CC4CC(CC(C4)C2)C3)cc1OC.Cl. The Labute approximate surface area is 184 Å². The Balaban J connectivity index is 0.00000225. The van der Waals surface area contributed by atoms with Crippen molar-refractivity contribution in [1.29, 1.82) is 0 Å². The molecule has 4 saturated carbocycles. The monoisotopic (exact) mass is 469 g/mol. The number of methoxy groups -OCH3 is 1. The lowest BCUT2D eigenvalue weighted by Crippen LogP contribution is -2.54. The van der Waals surface area contributed by atoms with Crippen LogP contribution in [0.3, 0.4) is 0 Å². The molecule has 3 nitrogen and oxygen atoms in total. The lowest BCUT2D eigenvalue weighted by atomic mass is 9.48. The number of hydrogen-bond donors (Lipinski definition) is 1. The van der Waals surface area contributed by atoms with Gasteiger partial charge in [-0.3, -0.25) is 0 Å². The zero-order chi connectivity index (χ0) is 19.0. The molecule has 0 aliphatic heterocycles. The van der Waals surface area contributed by atoms with Crippen molar-refractivity contribution in [3.05, 3.63) is 34.8 Å². The summed E-state index contributed by atoms with van der Waals surface area (Å²) in [5.74, 6) is 4.50. The summed E-state index contributed by atoms with van der Waals surface area (Å²) >= 11 is 3.64. The van der Waals surface area contributed by atoms with Crippen molar-refractivity contribution in [3.63, 3.8) is 0 Å². The first-order valence-corrected chi connectivity index (χ1v) is 11.2. The van der Waals surface area contributed by atoms with Crippen LogP contribution >= 0.6 is 28.3 Å². The molecule has 4 aliphatic carbocycles. The number of rotatable bonds is 8. The molecule has 1 unspecified atom stereocenters. The molecule has 1 N–H and O–H groups in total. The van der Waals surface area contributed by atoms with Crippen molar-refractivity contribution in [2.24, 2.45) is 23.2 Å². The van der Waals surface area contributed by atoms with Gasteiger partial charge in [-0.2, -0.15) is 0 Å². The van der Waals surface area contributed by atoms with E-state index in [0.29, 0.717) is 18.1 Å². The molecule has 1 atom stereocenters. The van der Waals surface area contributed by atoms with Gasteiger partial charge in [0.05, 0.1) is 11.6 Å². The highest BCUT2D eigenvalue weighted by molar-refractivity contribution is 9.10. The third-order valence-electron chi connectivity index (χ3n) is 7.25. The quantitative estimate of drug-likeness (QED) is 0.463. The molecule has 0 amide bonds. The summed E-state index contributed by atoms with van der Waals surface area (Å²) < 4.78 is 12.2. The fraction of sp³-hybridized carbons (Fsp3) is 0.652. The van der Waals surface area contributed by atoms with E-state index in [9.17, 15) is 0 Å². The Kier molecular flexibility index (Phi) is 7.05. The summed E-state index contributed by atoms with van der Waals surface area (Å²) in [5.41, 5.74) is 1.75. The van der Waals surface area contributed by atoms with E-state index < -0.39 is 0 Å². The first kappa shape index (κ1) is 22.0. The summed E-state index contributed by atoms with van der Waals surface area (Å²) in [6.45, 7) is 7.46. The summed E-state index contributed by atoms with van der Waals surface area (Å²) in [4.78, 5) is 0. The van der Waals surface area contributed by atoms with Crippen LogP contribution in [-0.2, 0) is 6.54 Å². The molecule has 156 valence electrons. The van der Waals surface area contributed by atoms with Crippen molar-refractivity contribution in [2.45, 2.75) is 58.0 Å². The van der Waals surface area contributed by atoms with Crippen LogP contribution < -0.4 is 14.8 Å². The van der Waals surface area contributed by atoms with Crippen LogP contribution in [0.1, 0.15) is 51.0 Å². The smallest absolute Gasteiger partial charge is 0.175 e. The van der Waals surface area contributed by atoms with Gasteiger partial charge in [-0.05, 0) is 102 Å². The van der Waals surface area contributed by atoms with E-state index in [0.717, 1.165) is 40.3 Å². The topological polar surface area (TPSA) is 30.5 Å². The molecule has 0 spiro atoms. The maximum absolute atomic E-state index is 5.74. The molecule has 4 fully saturated rings. The molecule has 4 bridgehead atoms. The zero-order valence-corrected chi connectivity index (χ0v) is 19.4. The molecule has 0 saturated heterocycles. The van der Waals surface area contributed by atoms with Crippen molar-refractivity contribution < 1.29 is 9.47 Å². The Morgan fingerprint density at radius 2 is 1.82 bits per heavy atom. The summed E-state index contributed by atoms with van der Waals surface area (Å²) in [6.07, 6.45) is 10.6. The van der Waals surface area contributed by atoms with Gasteiger partial charge in [0.1, 0.15) is 6.61 Å². The molecule has 1 aromatic carbocycles. The molecule has 0 aromatic heterocycles. The van der Waals surface area contributed by atoms with Gasteiger partial charge in [-0.1, -0.05) is 12.7 Å². The second-order valence-corrected chi connectivity index (χ2v) is 9.95. The highest BCUT2D eigenvalue weighted by Crippen LogP contribution is 2.61. The summed E-state index contributed by atoms with van der Waals surface area (Å²) in [7, 11) is 1.69. The number of benzene rings is 1. The summed E-state index contributed by atoms with van der Waals surface area (Å²) in [5, 5.41) is 3.86. The van der Waals surface area contributed by atoms with E-state index in [4.69, 9.17) is 9.47 Å². The zero-order valence-electron chi connectivity index (χ0n) is 17.0. The molecular formula is C23H33BrClNO2. The van der Waals surface area contributed by atoms with Crippen LogP contribution in [-0.4, -0.2) is 19.8 Å².